The normalized spacial score (nSPS) is 13.2. The van der Waals surface area contributed by atoms with Gasteiger partial charge in [0.1, 0.15) is 11.4 Å². The van der Waals surface area contributed by atoms with Crippen LogP contribution in [0.3, 0.4) is 0 Å². The number of anilines is 1. The van der Waals surface area contributed by atoms with Crippen molar-refractivity contribution < 1.29 is 17.9 Å². The highest BCUT2D eigenvalue weighted by atomic mass is 79.9. The molecular formula is C23H24BrN7O4S. The number of nitrogens with one attached hydrogen (secondary N) is 1. The number of pyridine rings is 1. The van der Waals surface area contributed by atoms with Gasteiger partial charge in [-0.05, 0) is 43.7 Å². The van der Waals surface area contributed by atoms with E-state index in [1.54, 1.807) is 17.0 Å². The number of hydrogen-bond acceptors (Lipinski definition) is 9. The molecule has 36 heavy (non-hydrogen) atoms. The second kappa shape index (κ2) is 10.7. The van der Waals surface area contributed by atoms with Crippen LogP contribution in [0.4, 0.5) is 5.95 Å². The van der Waals surface area contributed by atoms with Gasteiger partial charge in [0.2, 0.25) is 16.0 Å². The summed E-state index contributed by atoms with van der Waals surface area (Å²) < 4.78 is 42.5. The number of benzene rings is 1. The molecule has 4 rings (SSSR count). The van der Waals surface area contributed by atoms with Gasteiger partial charge in [-0.25, -0.2) is 18.4 Å². The van der Waals surface area contributed by atoms with Crippen LogP contribution in [-0.2, 0) is 14.8 Å². The Hall–Kier alpha value is -3.42. The van der Waals surface area contributed by atoms with Gasteiger partial charge in [0, 0.05) is 29.5 Å². The minimum atomic E-state index is -4.04. The standard InChI is InChI=1S/C23H24BrN7O4S/c1-14-8-16(11-25-10-14)22-28-29-23(31(22)18-7-5-6-17(24)9-18)30-36(32,33)15(2)20(35-4)21-26-12-19(34-3)13-27-21/h5-13,15,20H,1-4H3,(H,29,30)/t15-,20-/m0/s1. The Kier molecular flexibility index (Phi) is 7.62. The average molecular weight is 574 g/mol. The maximum Gasteiger partial charge on any atom is 0.243 e. The van der Waals surface area contributed by atoms with Gasteiger partial charge in [-0.3, -0.25) is 14.3 Å². The van der Waals surface area contributed by atoms with Crippen molar-refractivity contribution in [1.82, 2.24) is 29.7 Å². The first-order chi connectivity index (χ1) is 17.2. The number of aryl methyl sites for hydroxylation is 1. The Morgan fingerprint density at radius 1 is 1.06 bits per heavy atom. The summed E-state index contributed by atoms with van der Waals surface area (Å²) in [4.78, 5) is 12.6. The zero-order valence-corrected chi connectivity index (χ0v) is 22.4. The molecule has 0 aliphatic heterocycles. The van der Waals surface area contributed by atoms with Crippen LogP contribution < -0.4 is 9.46 Å². The monoisotopic (exact) mass is 573 g/mol. The van der Waals surface area contributed by atoms with E-state index in [2.05, 4.69) is 45.8 Å². The molecular weight excluding hydrogens is 550 g/mol. The van der Waals surface area contributed by atoms with Crippen LogP contribution in [0.1, 0.15) is 24.4 Å². The summed E-state index contributed by atoms with van der Waals surface area (Å²) in [7, 11) is -1.15. The molecule has 3 aromatic heterocycles. The molecule has 0 spiro atoms. The van der Waals surface area contributed by atoms with Crippen molar-refractivity contribution in [3.8, 4) is 22.8 Å². The lowest BCUT2D eigenvalue weighted by Gasteiger charge is -2.22. The van der Waals surface area contributed by atoms with E-state index in [0.29, 0.717) is 22.8 Å². The molecule has 0 aliphatic rings. The number of halogens is 1. The first-order valence-corrected chi connectivity index (χ1v) is 13.1. The molecule has 0 aliphatic carbocycles. The Morgan fingerprint density at radius 2 is 1.81 bits per heavy atom. The highest BCUT2D eigenvalue weighted by Gasteiger charge is 2.34. The summed E-state index contributed by atoms with van der Waals surface area (Å²) >= 11 is 3.47. The fourth-order valence-electron chi connectivity index (χ4n) is 3.54. The minimum absolute atomic E-state index is 0.0157. The largest absolute Gasteiger partial charge is 0.494 e. The third-order valence-electron chi connectivity index (χ3n) is 5.40. The van der Waals surface area contributed by atoms with Crippen LogP contribution in [0.2, 0.25) is 0 Å². The maximum absolute atomic E-state index is 13.5. The summed E-state index contributed by atoms with van der Waals surface area (Å²) in [6, 6.07) is 9.26. The van der Waals surface area contributed by atoms with Gasteiger partial charge in [0.25, 0.3) is 0 Å². The van der Waals surface area contributed by atoms with Crippen molar-refractivity contribution in [2.75, 3.05) is 18.9 Å². The summed E-state index contributed by atoms with van der Waals surface area (Å²) in [5, 5.41) is 7.37. The molecule has 13 heteroatoms. The predicted octanol–water partition coefficient (Wildman–Crippen LogP) is 3.72. The van der Waals surface area contributed by atoms with E-state index in [9.17, 15) is 8.42 Å². The Balaban J connectivity index is 1.74. The molecule has 1 aromatic carbocycles. The first kappa shape index (κ1) is 25.7. The third kappa shape index (κ3) is 5.37. The van der Waals surface area contributed by atoms with E-state index in [4.69, 9.17) is 9.47 Å². The van der Waals surface area contributed by atoms with E-state index < -0.39 is 21.4 Å². The van der Waals surface area contributed by atoms with Crippen LogP contribution in [0.15, 0.2) is 59.6 Å². The third-order valence-corrected chi connectivity index (χ3v) is 7.59. The highest BCUT2D eigenvalue weighted by Crippen LogP contribution is 2.29. The summed E-state index contributed by atoms with van der Waals surface area (Å²) in [5.41, 5.74) is 2.26. The number of methoxy groups -OCH3 is 2. The molecule has 0 fully saturated rings. The van der Waals surface area contributed by atoms with Crippen LogP contribution in [0, 0.1) is 6.92 Å². The number of ether oxygens (including phenoxy) is 2. The van der Waals surface area contributed by atoms with Crippen molar-refractivity contribution in [3.05, 3.63) is 71.0 Å². The quantitative estimate of drug-likeness (QED) is 0.318. The van der Waals surface area contributed by atoms with E-state index in [-0.39, 0.29) is 11.8 Å². The summed E-state index contributed by atoms with van der Waals surface area (Å²) in [5.74, 6) is 1.09. The second-order valence-corrected chi connectivity index (χ2v) is 10.9. The van der Waals surface area contributed by atoms with E-state index in [1.165, 1.54) is 33.5 Å². The lowest BCUT2D eigenvalue weighted by molar-refractivity contribution is 0.0948. The van der Waals surface area contributed by atoms with Crippen molar-refractivity contribution in [1.29, 1.82) is 0 Å². The predicted molar refractivity (Wildman–Crippen MR) is 137 cm³/mol. The molecule has 11 nitrogen and oxygen atoms in total. The molecule has 0 radical (unpaired) electrons. The number of aromatic nitrogens is 6. The Morgan fingerprint density at radius 3 is 2.44 bits per heavy atom. The molecule has 1 N–H and O–H groups in total. The number of rotatable bonds is 9. The fourth-order valence-corrected chi connectivity index (χ4v) is 5.06. The van der Waals surface area contributed by atoms with Crippen LogP contribution in [-0.4, -0.2) is 57.6 Å². The van der Waals surface area contributed by atoms with Crippen LogP contribution >= 0.6 is 15.9 Å². The van der Waals surface area contributed by atoms with Gasteiger partial charge in [-0.15, -0.1) is 10.2 Å². The molecule has 2 atom stereocenters. The molecule has 0 saturated carbocycles. The Bertz CT molecular complexity index is 1460. The van der Waals surface area contributed by atoms with Crippen molar-refractivity contribution in [3.63, 3.8) is 0 Å². The lowest BCUT2D eigenvalue weighted by Crippen LogP contribution is -2.33. The number of sulfonamides is 1. The summed E-state index contributed by atoms with van der Waals surface area (Å²) in [6.45, 7) is 3.42. The van der Waals surface area contributed by atoms with Gasteiger partial charge in [0.05, 0.1) is 25.2 Å². The first-order valence-electron chi connectivity index (χ1n) is 10.8. The van der Waals surface area contributed by atoms with Gasteiger partial charge in [0.15, 0.2) is 17.4 Å². The molecule has 3 heterocycles. The van der Waals surface area contributed by atoms with Gasteiger partial charge in [-0.1, -0.05) is 22.0 Å². The van der Waals surface area contributed by atoms with Crippen LogP contribution in [0.25, 0.3) is 17.1 Å². The van der Waals surface area contributed by atoms with Crippen LogP contribution in [0.5, 0.6) is 5.75 Å². The molecule has 0 saturated heterocycles. The van der Waals surface area contributed by atoms with E-state index >= 15 is 0 Å². The molecule has 188 valence electrons. The van der Waals surface area contributed by atoms with Crippen molar-refractivity contribution in [2.45, 2.75) is 25.2 Å². The second-order valence-electron chi connectivity index (χ2n) is 7.90. The molecule has 0 amide bonds. The number of nitrogens with zero attached hydrogens (tertiary/aromatic N) is 6. The minimum Gasteiger partial charge on any atom is -0.494 e. The molecule has 0 unspecified atom stereocenters. The number of hydrogen-bond donors (Lipinski definition) is 1. The zero-order chi connectivity index (χ0) is 25.9. The maximum atomic E-state index is 13.5. The molecule has 4 aromatic rings. The van der Waals surface area contributed by atoms with E-state index in [1.807, 2.05) is 37.3 Å². The van der Waals surface area contributed by atoms with Gasteiger partial charge in [-0.2, -0.15) is 0 Å². The lowest BCUT2D eigenvalue weighted by atomic mass is 10.2. The molecule has 0 bridgehead atoms. The summed E-state index contributed by atoms with van der Waals surface area (Å²) in [6.07, 6.45) is 5.33. The van der Waals surface area contributed by atoms with Crippen molar-refractivity contribution in [2.24, 2.45) is 0 Å². The zero-order valence-electron chi connectivity index (χ0n) is 20.0. The van der Waals surface area contributed by atoms with Crippen molar-refractivity contribution >= 4 is 31.9 Å². The van der Waals surface area contributed by atoms with Gasteiger partial charge >= 0.3 is 0 Å². The topological polar surface area (TPSA) is 134 Å². The fraction of sp³-hybridized carbons (Fsp3) is 0.261. The highest BCUT2D eigenvalue weighted by molar-refractivity contribution is 9.10. The average Bonchev–Trinajstić information content (AvgIpc) is 3.27. The smallest absolute Gasteiger partial charge is 0.243 e. The SMILES string of the molecule is COc1cnc([C@@H](OC)[C@H](C)S(=O)(=O)Nc2nnc(-c3cncc(C)c3)n2-c2cccc(Br)c2)nc1. The van der Waals surface area contributed by atoms with Gasteiger partial charge < -0.3 is 9.47 Å². The van der Waals surface area contributed by atoms with E-state index in [0.717, 1.165) is 10.0 Å². The Labute approximate surface area is 217 Å².